The quantitative estimate of drug-likeness (QED) is 0.263. The number of nitrogens with one attached hydrogen (secondary N) is 2. The van der Waals surface area contributed by atoms with Crippen molar-refractivity contribution in [2.75, 3.05) is 13.2 Å². The second kappa shape index (κ2) is 10.7. The first-order valence-electron chi connectivity index (χ1n) is 12.5. The van der Waals surface area contributed by atoms with Crippen molar-refractivity contribution >= 4 is 29.6 Å². The van der Waals surface area contributed by atoms with Crippen molar-refractivity contribution in [3.63, 3.8) is 0 Å². The van der Waals surface area contributed by atoms with Crippen LogP contribution in [-0.2, 0) is 10.8 Å². The van der Waals surface area contributed by atoms with Crippen LogP contribution in [-0.4, -0.2) is 38.4 Å². The molecule has 0 aliphatic heterocycles. The maximum Gasteiger partial charge on any atom is 0.281 e. The third-order valence-corrected chi connectivity index (χ3v) is 11.8. The SMILES string of the molecule is CC(Cc1c[nH]c2ccccc12)NCC(F)(F)CO[Si](c1ccccc1)(c1ccccc1)C(C)(C)C. The summed E-state index contributed by atoms with van der Waals surface area (Å²) in [6.45, 7) is 7.17. The van der Waals surface area contributed by atoms with Crippen LogP contribution in [0.4, 0.5) is 8.78 Å². The van der Waals surface area contributed by atoms with Crippen LogP contribution in [0.25, 0.3) is 10.9 Å². The third kappa shape index (κ3) is 5.61. The molecule has 0 bridgehead atoms. The Bertz CT molecular complexity index is 1210. The van der Waals surface area contributed by atoms with Gasteiger partial charge in [0.1, 0.15) is 0 Å². The van der Waals surface area contributed by atoms with Crippen LogP contribution >= 0.6 is 0 Å². The number of hydrogen-bond acceptors (Lipinski definition) is 2. The van der Waals surface area contributed by atoms with Crippen LogP contribution in [0.2, 0.25) is 5.04 Å². The highest BCUT2D eigenvalue weighted by Gasteiger charge is 2.51. The lowest BCUT2D eigenvalue weighted by atomic mass is 10.1. The molecule has 0 amide bonds. The molecule has 1 atom stereocenters. The van der Waals surface area contributed by atoms with Crippen molar-refractivity contribution in [1.82, 2.24) is 10.3 Å². The van der Waals surface area contributed by atoms with Gasteiger partial charge in [0.25, 0.3) is 14.2 Å². The molecule has 1 heterocycles. The maximum absolute atomic E-state index is 15.3. The minimum Gasteiger partial charge on any atom is -0.401 e. The summed E-state index contributed by atoms with van der Waals surface area (Å²) in [5.74, 6) is -3.01. The summed E-state index contributed by atoms with van der Waals surface area (Å²) >= 11 is 0. The lowest BCUT2D eigenvalue weighted by molar-refractivity contribution is -0.0433. The predicted octanol–water partition coefficient (Wildman–Crippen LogP) is 5.90. The van der Waals surface area contributed by atoms with Crippen LogP contribution < -0.4 is 15.7 Å². The second-order valence-corrected chi connectivity index (χ2v) is 15.0. The first-order valence-corrected chi connectivity index (χ1v) is 14.4. The molecule has 0 saturated heterocycles. The number of alkyl halides is 2. The van der Waals surface area contributed by atoms with E-state index in [1.54, 1.807) is 0 Å². The molecule has 0 saturated carbocycles. The molecule has 4 aromatic rings. The summed E-state index contributed by atoms with van der Waals surface area (Å²) in [4.78, 5) is 3.26. The van der Waals surface area contributed by atoms with Crippen LogP contribution in [0.1, 0.15) is 33.3 Å². The molecule has 3 aromatic carbocycles. The first kappa shape index (κ1) is 26.3. The number of rotatable bonds is 10. The molecule has 190 valence electrons. The summed E-state index contributed by atoms with van der Waals surface area (Å²) in [6, 6.07) is 27.8. The van der Waals surface area contributed by atoms with E-state index in [1.165, 1.54) is 0 Å². The van der Waals surface area contributed by atoms with Gasteiger partial charge in [0.05, 0.1) is 13.2 Å². The van der Waals surface area contributed by atoms with E-state index in [0.29, 0.717) is 6.42 Å². The van der Waals surface area contributed by atoms with Gasteiger partial charge in [0, 0.05) is 23.1 Å². The van der Waals surface area contributed by atoms with Gasteiger partial charge in [-0.1, -0.05) is 99.6 Å². The predicted molar refractivity (Wildman–Crippen MR) is 148 cm³/mol. The summed E-state index contributed by atoms with van der Waals surface area (Å²) in [5.41, 5.74) is 2.18. The van der Waals surface area contributed by atoms with Gasteiger partial charge in [-0.15, -0.1) is 0 Å². The average Bonchev–Trinajstić information content (AvgIpc) is 3.26. The normalized spacial score (nSPS) is 13.7. The molecule has 0 fully saturated rings. The van der Waals surface area contributed by atoms with E-state index in [1.807, 2.05) is 92.0 Å². The standard InChI is InChI=1S/C30H36F2N2OSi/c1-23(19-24-20-33-28-18-12-11-17-27(24)28)34-21-30(31,32)22-35-36(29(2,3)4,25-13-7-5-8-14-25)26-15-9-6-10-16-26/h5-18,20,23,33-34H,19,21-22H2,1-4H3. The van der Waals surface area contributed by atoms with Gasteiger partial charge >= 0.3 is 0 Å². The number of H-pyrrole nitrogens is 1. The fourth-order valence-electron chi connectivity index (χ4n) is 5.05. The zero-order valence-electron chi connectivity index (χ0n) is 21.5. The molecule has 3 nitrogen and oxygen atoms in total. The number of benzene rings is 3. The average molecular weight is 507 g/mol. The van der Waals surface area contributed by atoms with Gasteiger partial charge in [0.2, 0.25) is 0 Å². The fraction of sp³-hybridized carbons (Fsp3) is 0.333. The van der Waals surface area contributed by atoms with E-state index in [-0.39, 0.29) is 11.1 Å². The number of aromatic nitrogens is 1. The molecule has 1 unspecified atom stereocenters. The van der Waals surface area contributed by atoms with E-state index in [4.69, 9.17) is 4.43 Å². The summed E-state index contributed by atoms with van der Waals surface area (Å²) in [5, 5.41) is 5.84. The van der Waals surface area contributed by atoms with Crippen molar-refractivity contribution in [3.05, 3.63) is 96.7 Å². The monoisotopic (exact) mass is 506 g/mol. The van der Waals surface area contributed by atoms with Gasteiger partial charge in [-0.3, -0.25) is 0 Å². The summed E-state index contributed by atoms with van der Waals surface area (Å²) in [6.07, 6.45) is 2.63. The van der Waals surface area contributed by atoms with Gasteiger partial charge in [0.15, 0.2) is 0 Å². The highest BCUT2D eigenvalue weighted by molar-refractivity contribution is 6.99. The molecule has 1 aromatic heterocycles. The molecular weight excluding hydrogens is 470 g/mol. The van der Waals surface area contributed by atoms with E-state index >= 15 is 8.78 Å². The smallest absolute Gasteiger partial charge is 0.281 e. The zero-order chi connectivity index (χ0) is 25.8. The third-order valence-electron chi connectivity index (χ3n) is 6.83. The zero-order valence-corrected chi connectivity index (χ0v) is 22.5. The lowest BCUT2D eigenvalue weighted by Gasteiger charge is -2.43. The molecule has 0 aliphatic rings. The van der Waals surface area contributed by atoms with Gasteiger partial charge in [-0.25, -0.2) is 8.78 Å². The van der Waals surface area contributed by atoms with Crippen molar-refractivity contribution in [3.8, 4) is 0 Å². The molecule has 2 N–H and O–H groups in total. The van der Waals surface area contributed by atoms with Crippen molar-refractivity contribution in [1.29, 1.82) is 0 Å². The van der Waals surface area contributed by atoms with Gasteiger partial charge in [-0.2, -0.15) is 0 Å². The van der Waals surface area contributed by atoms with Crippen molar-refractivity contribution < 1.29 is 13.2 Å². The Balaban J connectivity index is 1.49. The fourth-order valence-corrected chi connectivity index (χ4v) is 9.64. The number of aromatic amines is 1. The first-order chi connectivity index (χ1) is 17.1. The van der Waals surface area contributed by atoms with Gasteiger partial charge < -0.3 is 14.7 Å². The van der Waals surface area contributed by atoms with Crippen LogP contribution in [0.3, 0.4) is 0 Å². The molecule has 36 heavy (non-hydrogen) atoms. The molecule has 4 rings (SSSR count). The molecule has 0 spiro atoms. The lowest BCUT2D eigenvalue weighted by Crippen LogP contribution is -2.67. The highest BCUT2D eigenvalue weighted by Crippen LogP contribution is 2.37. The Morgan fingerprint density at radius 1 is 0.861 bits per heavy atom. The number of hydrogen-bond donors (Lipinski definition) is 2. The number of halogens is 2. The van der Waals surface area contributed by atoms with Crippen molar-refractivity contribution in [2.45, 2.75) is 51.1 Å². The largest absolute Gasteiger partial charge is 0.401 e. The van der Waals surface area contributed by atoms with Crippen molar-refractivity contribution in [2.24, 2.45) is 0 Å². The Kier molecular flexibility index (Phi) is 7.78. The molecule has 6 heteroatoms. The number of fused-ring (bicyclic) bond motifs is 1. The Morgan fingerprint density at radius 3 is 2.00 bits per heavy atom. The topological polar surface area (TPSA) is 37.0 Å². The van der Waals surface area contributed by atoms with Crippen LogP contribution in [0, 0.1) is 0 Å². The Morgan fingerprint density at radius 2 is 1.42 bits per heavy atom. The van der Waals surface area contributed by atoms with Crippen LogP contribution in [0.15, 0.2) is 91.1 Å². The maximum atomic E-state index is 15.3. The van der Waals surface area contributed by atoms with E-state index in [0.717, 1.165) is 26.8 Å². The van der Waals surface area contributed by atoms with E-state index in [9.17, 15) is 0 Å². The minimum absolute atomic E-state index is 0.108. The number of para-hydroxylation sites is 1. The highest BCUT2D eigenvalue weighted by atomic mass is 28.4. The van der Waals surface area contributed by atoms with E-state index in [2.05, 4.69) is 37.1 Å². The summed E-state index contributed by atoms with van der Waals surface area (Å²) < 4.78 is 37.1. The molecule has 0 radical (unpaired) electrons. The molecular formula is C30H36F2N2OSi. The second-order valence-electron chi connectivity index (χ2n) is 10.7. The Hall–Kier alpha value is -2.80. The minimum atomic E-state index is -3.01. The molecule has 0 aliphatic carbocycles. The van der Waals surface area contributed by atoms with Gasteiger partial charge in [-0.05, 0) is 40.4 Å². The summed E-state index contributed by atoms with van der Waals surface area (Å²) in [7, 11) is -3.01. The van der Waals surface area contributed by atoms with E-state index < -0.39 is 27.4 Å². The van der Waals surface area contributed by atoms with Crippen LogP contribution in [0.5, 0.6) is 0 Å². The Labute approximate surface area is 214 Å².